The van der Waals surface area contributed by atoms with E-state index in [9.17, 15) is 14.4 Å². The number of carbonyl (C=O) groups is 1. The monoisotopic (exact) mass is 398 g/mol. The van der Waals surface area contributed by atoms with Crippen LogP contribution in [0.3, 0.4) is 0 Å². The van der Waals surface area contributed by atoms with Gasteiger partial charge in [0.1, 0.15) is 5.82 Å². The highest BCUT2D eigenvalue weighted by Gasteiger charge is 2.42. The lowest BCUT2D eigenvalue weighted by Crippen LogP contribution is -2.42. The van der Waals surface area contributed by atoms with Crippen molar-refractivity contribution < 1.29 is 9.18 Å². The van der Waals surface area contributed by atoms with E-state index in [4.69, 9.17) is 11.6 Å². The average Bonchev–Trinajstić information content (AvgIpc) is 3.33. The Morgan fingerprint density at radius 1 is 1.32 bits per heavy atom. The van der Waals surface area contributed by atoms with E-state index in [0.29, 0.717) is 28.8 Å². The van der Waals surface area contributed by atoms with E-state index in [2.05, 4.69) is 21.6 Å². The molecule has 4 atom stereocenters. The summed E-state index contributed by atoms with van der Waals surface area (Å²) in [5, 5.41) is 20.8. The second kappa shape index (κ2) is 7.94. The molecule has 7 heteroatoms. The fourth-order valence-electron chi connectivity index (χ4n) is 4.36. The smallest absolute Gasteiger partial charge is 0.151 e. The van der Waals surface area contributed by atoms with Crippen molar-refractivity contribution in [3.05, 3.63) is 46.9 Å². The second-order valence-electron chi connectivity index (χ2n) is 7.66. The number of benzene rings is 1. The molecule has 2 aliphatic rings. The Morgan fingerprint density at radius 2 is 2.18 bits per heavy atom. The van der Waals surface area contributed by atoms with Crippen LogP contribution in [0.4, 0.5) is 4.39 Å². The van der Waals surface area contributed by atoms with Gasteiger partial charge in [-0.05, 0) is 55.4 Å². The third-order valence-electron chi connectivity index (χ3n) is 5.78. The molecule has 4 rings (SSSR count). The number of nitrogens with one attached hydrogen (secondary N) is 1. The number of fused-ring (bicyclic) bond motifs is 2. The molecule has 2 bridgehead atoms. The van der Waals surface area contributed by atoms with Crippen LogP contribution in [0.5, 0.6) is 0 Å². The molecule has 1 aliphatic heterocycles. The quantitative estimate of drug-likeness (QED) is 0.802. The van der Waals surface area contributed by atoms with E-state index in [-0.39, 0.29) is 29.8 Å². The third kappa shape index (κ3) is 3.91. The van der Waals surface area contributed by atoms with E-state index in [0.717, 1.165) is 19.3 Å². The highest BCUT2D eigenvalue weighted by molar-refractivity contribution is 6.29. The van der Waals surface area contributed by atoms with Gasteiger partial charge in [0.2, 0.25) is 0 Å². The van der Waals surface area contributed by atoms with Crippen molar-refractivity contribution in [2.75, 3.05) is 0 Å². The van der Waals surface area contributed by atoms with E-state index in [1.165, 1.54) is 6.07 Å². The van der Waals surface area contributed by atoms with Gasteiger partial charge in [-0.1, -0.05) is 23.7 Å². The molecule has 2 aromatic rings. The molecular weight excluding hydrogens is 379 g/mol. The van der Waals surface area contributed by atoms with Crippen molar-refractivity contribution in [3.63, 3.8) is 0 Å². The van der Waals surface area contributed by atoms with Gasteiger partial charge in [-0.15, -0.1) is 10.2 Å². The Hall–Kier alpha value is -2.36. The number of hydrogen-bond acceptors (Lipinski definition) is 5. The van der Waals surface area contributed by atoms with Crippen LogP contribution in [0.1, 0.15) is 31.2 Å². The first-order valence-electron chi connectivity index (χ1n) is 9.50. The first-order valence-corrected chi connectivity index (χ1v) is 9.87. The predicted octanol–water partition coefficient (Wildman–Crippen LogP) is 3.72. The maximum absolute atomic E-state index is 14.6. The second-order valence-corrected chi connectivity index (χ2v) is 8.05. The summed E-state index contributed by atoms with van der Waals surface area (Å²) in [5.74, 6) is -0.482. The fraction of sp³-hybridized carbons (Fsp3) is 0.429. The topological polar surface area (TPSA) is 78.7 Å². The lowest BCUT2D eigenvalue weighted by atomic mass is 9.88. The van der Waals surface area contributed by atoms with E-state index < -0.39 is 11.7 Å². The molecule has 1 saturated carbocycles. The molecule has 144 valence electrons. The number of nitrogens with zero attached hydrogens (tertiary/aromatic N) is 3. The van der Waals surface area contributed by atoms with Crippen LogP contribution in [0, 0.1) is 29.0 Å². The number of Topliss-reactive ketones (excluding diaryl/α,β-unsaturated/α-hetero) is 1. The number of piperidine rings is 1. The van der Waals surface area contributed by atoms with Crippen LogP contribution < -0.4 is 5.32 Å². The molecule has 1 aliphatic carbocycles. The summed E-state index contributed by atoms with van der Waals surface area (Å²) in [4.78, 5) is 12.6. The fourth-order valence-corrected chi connectivity index (χ4v) is 4.46. The Kier molecular flexibility index (Phi) is 5.38. The van der Waals surface area contributed by atoms with Crippen molar-refractivity contribution >= 4 is 17.4 Å². The zero-order valence-corrected chi connectivity index (χ0v) is 16.0. The number of rotatable bonds is 6. The zero-order chi connectivity index (χ0) is 19.7. The summed E-state index contributed by atoms with van der Waals surface area (Å²) in [6, 6.07) is 10.5. The van der Waals surface area contributed by atoms with Crippen LogP contribution >= 0.6 is 11.6 Å². The number of carbonyl (C=O) groups excluding carboxylic acids is 1. The summed E-state index contributed by atoms with van der Waals surface area (Å²) in [7, 11) is 0. The molecule has 1 unspecified atom stereocenters. The van der Waals surface area contributed by atoms with Gasteiger partial charge in [-0.3, -0.25) is 4.79 Å². The van der Waals surface area contributed by atoms with Crippen LogP contribution in [-0.2, 0) is 11.2 Å². The Morgan fingerprint density at radius 3 is 2.79 bits per heavy atom. The van der Waals surface area contributed by atoms with Crippen molar-refractivity contribution in [3.8, 4) is 17.3 Å². The maximum atomic E-state index is 14.6. The molecule has 1 aromatic carbocycles. The molecule has 2 fully saturated rings. The zero-order valence-electron chi connectivity index (χ0n) is 15.2. The molecule has 5 nitrogen and oxygen atoms in total. The summed E-state index contributed by atoms with van der Waals surface area (Å²) in [6.45, 7) is 0. The Labute approximate surface area is 167 Å². The standard InChI is InChI=1S/C21H20ClFN4O/c22-20-6-5-18(26-27-20)14-2-1-13(17(23)10-14)7-12(11-24)8-19(28)21-15-3-4-16(9-15)25-21/h1-2,5-6,10,12,15-16,21,25H,3-4,7-9H2/t12?,15-,16+,21-/m0/s1. The summed E-state index contributed by atoms with van der Waals surface area (Å²) in [6.07, 6.45) is 3.63. The molecule has 28 heavy (non-hydrogen) atoms. The van der Waals surface area contributed by atoms with Gasteiger partial charge >= 0.3 is 0 Å². The maximum Gasteiger partial charge on any atom is 0.151 e. The van der Waals surface area contributed by atoms with Crippen molar-refractivity contribution in [2.24, 2.45) is 11.8 Å². The number of aromatic nitrogens is 2. The van der Waals surface area contributed by atoms with Gasteiger partial charge in [0.25, 0.3) is 0 Å². The van der Waals surface area contributed by atoms with Crippen molar-refractivity contribution in [2.45, 2.75) is 44.2 Å². The van der Waals surface area contributed by atoms with Gasteiger partial charge in [-0.25, -0.2) is 4.39 Å². The normalized spacial score (nSPS) is 24.1. The minimum absolute atomic E-state index is 0.0761. The SMILES string of the molecule is N#CC(CC(=O)[C@H]1N[C@@H]2CC[C@H]1C2)Cc1ccc(-c2ccc(Cl)nn2)cc1F. The summed E-state index contributed by atoms with van der Waals surface area (Å²) in [5.41, 5.74) is 1.52. The van der Waals surface area contributed by atoms with E-state index in [1.54, 1.807) is 24.3 Å². The van der Waals surface area contributed by atoms with Gasteiger partial charge in [0, 0.05) is 18.0 Å². The first-order chi connectivity index (χ1) is 13.5. The molecule has 0 radical (unpaired) electrons. The van der Waals surface area contributed by atoms with Crippen LogP contribution in [0.15, 0.2) is 30.3 Å². The van der Waals surface area contributed by atoms with Crippen LogP contribution in [0.2, 0.25) is 5.15 Å². The molecule has 2 heterocycles. The molecule has 0 spiro atoms. The van der Waals surface area contributed by atoms with Crippen LogP contribution in [0.25, 0.3) is 11.3 Å². The van der Waals surface area contributed by atoms with Crippen molar-refractivity contribution in [1.82, 2.24) is 15.5 Å². The number of ketones is 1. The van der Waals surface area contributed by atoms with Crippen LogP contribution in [-0.4, -0.2) is 28.1 Å². The largest absolute Gasteiger partial charge is 0.304 e. The lowest BCUT2D eigenvalue weighted by Gasteiger charge is -2.22. The molecule has 1 N–H and O–H groups in total. The number of hydrogen-bond donors (Lipinski definition) is 1. The van der Waals surface area contributed by atoms with E-state index >= 15 is 0 Å². The molecule has 1 aromatic heterocycles. The lowest BCUT2D eigenvalue weighted by molar-refractivity contribution is -0.122. The minimum atomic E-state index is -0.538. The molecular formula is C21H20ClFN4O. The Bertz CT molecular complexity index is 927. The predicted molar refractivity (Wildman–Crippen MR) is 103 cm³/mol. The summed E-state index contributed by atoms with van der Waals surface area (Å²) >= 11 is 5.73. The minimum Gasteiger partial charge on any atom is -0.304 e. The number of halogens is 2. The Balaban J connectivity index is 1.42. The van der Waals surface area contributed by atoms with Crippen molar-refractivity contribution in [1.29, 1.82) is 5.26 Å². The summed E-state index contributed by atoms with van der Waals surface area (Å²) < 4.78 is 14.6. The van der Waals surface area contributed by atoms with Gasteiger partial charge in [0.15, 0.2) is 10.9 Å². The highest BCUT2D eigenvalue weighted by atomic mass is 35.5. The van der Waals surface area contributed by atoms with E-state index in [1.807, 2.05) is 0 Å². The van der Waals surface area contributed by atoms with Gasteiger partial charge in [0.05, 0.1) is 23.7 Å². The van der Waals surface area contributed by atoms with Gasteiger partial charge < -0.3 is 5.32 Å². The number of nitriles is 1. The highest BCUT2D eigenvalue weighted by Crippen LogP contribution is 2.36. The third-order valence-corrected chi connectivity index (χ3v) is 5.99. The first kappa shape index (κ1) is 19.0. The molecule has 0 amide bonds. The molecule has 1 saturated heterocycles. The average molecular weight is 399 g/mol. The van der Waals surface area contributed by atoms with Gasteiger partial charge in [-0.2, -0.15) is 5.26 Å².